The summed E-state index contributed by atoms with van der Waals surface area (Å²) in [5.74, 6) is 1.01. The number of carbonyl (C=O) groups excluding carboxylic acids is 1. The highest BCUT2D eigenvalue weighted by molar-refractivity contribution is 5.73. The molecule has 4 aliphatic carbocycles. The fraction of sp³-hybridized carbons (Fsp3) is 0.930. The number of esters is 1. The first-order valence-electron chi connectivity index (χ1n) is 21.4. The molecule has 5 fully saturated rings. The van der Waals surface area contributed by atoms with E-state index in [2.05, 4.69) is 19.9 Å². The molecule has 0 aromatic carbocycles. The zero-order valence-corrected chi connectivity index (χ0v) is 33.3. The van der Waals surface area contributed by atoms with Crippen LogP contribution < -0.4 is 0 Å². The average Bonchev–Trinajstić information content (AvgIpc) is 3.49. The summed E-state index contributed by atoms with van der Waals surface area (Å²) in [5, 5.41) is 0. The molecule has 14 atom stereocenters. The van der Waals surface area contributed by atoms with Crippen molar-refractivity contribution >= 4 is 5.97 Å². The van der Waals surface area contributed by atoms with Gasteiger partial charge in [-0.25, -0.2) is 4.39 Å². The lowest BCUT2D eigenvalue weighted by molar-refractivity contribution is -0.248. The van der Waals surface area contributed by atoms with Gasteiger partial charge in [-0.3, -0.25) is 4.79 Å². The molecule has 0 N–H and O–H groups in total. The van der Waals surface area contributed by atoms with Crippen molar-refractivity contribution in [2.45, 2.75) is 175 Å². The molecule has 0 aromatic heterocycles. The molecule has 52 heavy (non-hydrogen) atoms. The van der Waals surface area contributed by atoms with Gasteiger partial charge >= 0.3 is 5.97 Å². The molecule has 4 unspecified atom stereocenters. The van der Waals surface area contributed by atoms with Crippen LogP contribution >= 0.6 is 0 Å². The Balaban J connectivity index is 1.18. The molecule has 0 aromatic rings. The maximum Gasteiger partial charge on any atom is 0.309 e. The molecule has 6 aliphatic rings. The van der Waals surface area contributed by atoms with E-state index >= 15 is 4.39 Å². The Morgan fingerprint density at radius 2 is 1.63 bits per heavy atom. The molecule has 2 saturated heterocycles. The lowest BCUT2D eigenvalue weighted by atomic mass is 9.46. The van der Waals surface area contributed by atoms with Crippen LogP contribution in [0.2, 0.25) is 0 Å². The van der Waals surface area contributed by atoms with Crippen LogP contribution in [0.1, 0.15) is 138 Å². The van der Waals surface area contributed by atoms with Crippen molar-refractivity contribution in [2.75, 3.05) is 33.0 Å². The fourth-order valence-corrected chi connectivity index (χ4v) is 11.7. The summed E-state index contributed by atoms with van der Waals surface area (Å²) in [7, 11) is 0. The highest BCUT2D eigenvalue weighted by Crippen LogP contribution is 2.68. The predicted molar refractivity (Wildman–Crippen MR) is 198 cm³/mol. The minimum Gasteiger partial charge on any atom is -0.466 e. The van der Waals surface area contributed by atoms with Gasteiger partial charge in [-0.1, -0.05) is 32.4 Å². The standard InChI is InChI=1S/C43H71FO8/c1-7-46-29(4)50-27-28(3)37(44)20-17-33(41(45)47-8-2)35-19-18-34-32-16-15-30-25-31(51-39-13-9-11-23-48-39)26-38(52-40-14-10-12-24-49-40)43(30,6)36(32)21-22-42(34,35)5/h15,28-29,31-40H,7-14,16-27H2,1-6H3/t28?,29?,31-,32+,33-,34+,35-,36+,37+,38+,39?,40?,42+,43+/m1/s1. The van der Waals surface area contributed by atoms with E-state index in [0.29, 0.717) is 50.4 Å². The second-order valence-electron chi connectivity index (χ2n) is 17.6. The van der Waals surface area contributed by atoms with Crippen LogP contribution in [0.5, 0.6) is 0 Å². The van der Waals surface area contributed by atoms with Gasteiger partial charge in [0.15, 0.2) is 18.9 Å². The average molecular weight is 735 g/mol. The van der Waals surface area contributed by atoms with Gasteiger partial charge < -0.3 is 33.2 Å². The van der Waals surface area contributed by atoms with Crippen molar-refractivity contribution in [1.82, 2.24) is 0 Å². The Labute approximate surface area is 313 Å². The van der Waals surface area contributed by atoms with E-state index in [0.717, 1.165) is 96.7 Å². The maximum atomic E-state index is 15.6. The van der Waals surface area contributed by atoms with Crippen molar-refractivity contribution in [3.63, 3.8) is 0 Å². The number of hydrogen-bond acceptors (Lipinski definition) is 8. The summed E-state index contributed by atoms with van der Waals surface area (Å²) in [4.78, 5) is 13.7. The number of halogens is 1. The molecule has 9 heteroatoms. The van der Waals surface area contributed by atoms with E-state index < -0.39 is 6.17 Å². The molecular formula is C43H71FO8. The van der Waals surface area contributed by atoms with E-state index in [1.807, 2.05) is 27.7 Å². The molecule has 0 radical (unpaired) electrons. The molecule has 8 nitrogen and oxygen atoms in total. The van der Waals surface area contributed by atoms with Crippen molar-refractivity contribution in [3.8, 4) is 0 Å². The Hall–Kier alpha value is -1.10. The molecule has 298 valence electrons. The molecule has 3 saturated carbocycles. The second-order valence-corrected chi connectivity index (χ2v) is 17.6. The van der Waals surface area contributed by atoms with Gasteiger partial charge in [-0.2, -0.15) is 0 Å². The summed E-state index contributed by atoms with van der Waals surface area (Å²) >= 11 is 0. The Morgan fingerprint density at radius 1 is 0.904 bits per heavy atom. The number of ether oxygens (including phenoxy) is 7. The van der Waals surface area contributed by atoms with Crippen molar-refractivity contribution in [3.05, 3.63) is 11.6 Å². The number of carbonyl (C=O) groups is 1. The van der Waals surface area contributed by atoms with E-state index in [1.165, 1.54) is 5.57 Å². The van der Waals surface area contributed by atoms with Crippen LogP contribution in [0.25, 0.3) is 0 Å². The lowest BCUT2D eigenvalue weighted by Gasteiger charge is -2.60. The number of rotatable bonds is 16. The molecule has 2 heterocycles. The van der Waals surface area contributed by atoms with Crippen molar-refractivity contribution in [2.24, 2.45) is 46.3 Å². The van der Waals surface area contributed by atoms with Crippen LogP contribution in [-0.4, -0.2) is 76.3 Å². The highest BCUT2D eigenvalue weighted by atomic mass is 19.1. The van der Waals surface area contributed by atoms with Gasteiger partial charge in [0.05, 0.1) is 31.3 Å². The third-order valence-electron chi connectivity index (χ3n) is 14.6. The predicted octanol–water partition coefficient (Wildman–Crippen LogP) is 9.33. The SMILES string of the molecule is CCOC(=O)[C@H](CC[C@H](F)C(C)COC(C)OCC)[C@H]1CC[C@H]2[C@@H]3CC=C4C[C@@H](OC5CCCCO5)C[C@H](OC5CCCCO5)[C@]4(C)[C@H]3CC[C@]12C. The van der Waals surface area contributed by atoms with E-state index in [1.54, 1.807) is 0 Å². The molecular weight excluding hydrogens is 663 g/mol. The Kier molecular flexibility index (Phi) is 14.2. The first kappa shape index (κ1) is 40.6. The lowest BCUT2D eigenvalue weighted by Crippen LogP contribution is -2.57. The molecule has 0 spiro atoms. The third kappa shape index (κ3) is 8.80. The Morgan fingerprint density at radius 3 is 2.31 bits per heavy atom. The topological polar surface area (TPSA) is 81.7 Å². The van der Waals surface area contributed by atoms with Gasteiger partial charge in [-0.05, 0) is 140 Å². The molecule has 2 aliphatic heterocycles. The summed E-state index contributed by atoms with van der Waals surface area (Å²) in [5.41, 5.74) is 1.43. The minimum absolute atomic E-state index is 0.00915. The summed E-state index contributed by atoms with van der Waals surface area (Å²) < 4.78 is 58.5. The van der Waals surface area contributed by atoms with Gasteiger partial charge in [0.25, 0.3) is 0 Å². The van der Waals surface area contributed by atoms with Crippen LogP contribution in [0.3, 0.4) is 0 Å². The summed E-state index contributed by atoms with van der Waals surface area (Å²) in [6, 6.07) is 0. The number of hydrogen-bond donors (Lipinski definition) is 0. The van der Waals surface area contributed by atoms with E-state index in [4.69, 9.17) is 33.2 Å². The van der Waals surface area contributed by atoms with Gasteiger partial charge in [0.2, 0.25) is 0 Å². The van der Waals surface area contributed by atoms with Crippen LogP contribution in [0.15, 0.2) is 11.6 Å². The normalized spacial score (nSPS) is 40.0. The molecule has 6 rings (SSSR count). The van der Waals surface area contributed by atoms with Gasteiger partial charge in [0, 0.05) is 37.6 Å². The first-order valence-corrected chi connectivity index (χ1v) is 21.4. The van der Waals surface area contributed by atoms with Crippen molar-refractivity contribution < 1.29 is 42.3 Å². The van der Waals surface area contributed by atoms with Crippen LogP contribution in [-0.2, 0) is 38.0 Å². The fourth-order valence-electron chi connectivity index (χ4n) is 11.7. The number of fused-ring (bicyclic) bond motifs is 5. The quantitative estimate of drug-likeness (QED) is 0.0882. The summed E-state index contributed by atoms with van der Waals surface area (Å²) in [6.07, 6.45) is 15.4. The van der Waals surface area contributed by atoms with E-state index in [9.17, 15) is 4.79 Å². The van der Waals surface area contributed by atoms with Crippen LogP contribution in [0.4, 0.5) is 4.39 Å². The zero-order valence-electron chi connectivity index (χ0n) is 33.3. The van der Waals surface area contributed by atoms with Gasteiger partial charge in [0.1, 0.15) is 6.17 Å². The maximum absolute atomic E-state index is 15.6. The number of allylic oxidation sites excluding steroid dienone is 1. The van der Waals surface area contributed by atoms with Gasteiger partial charge in [-0.15, -0.1) is 0 Å². The molecule has 0 amide bonds. The number of alkyl halides is 1. The summed E-state index contributed by atoms with van der Waals surface area (Å²) in [6.45, 7) is 15.2. The first-order chi connectivity index (χ1) is 25.1. The highest BCUT2D eigenvalue weighted by Gasteiger charge is 2.62. The Bertz CT molecular complexity index is 1170. The minimum atomic E-state index is -1.05. The third-order valence-corrected chi connectivity index (χ3v) is 14.6. The second kappa shape index (κ2) is 18.2. The van der Waals surface area contributed by atoms with Crippen LogP contribution in [0, 0.1) is 46.3 Å². The largest absolute Gasteiger partial charge is 0.466 e. The smallest absolute Gasteiger partial charge is 0.309 e. The zero-order chi connectivity index (χ0) is 36.9. The monoisotopic (exact) mass is 735 g/mol. The van der Waals surface area contributed by atoms with E-state index in [-0.39, 0.29) is 65.6 Å². The van der Waals surface area contributed by atoms with Crippen molar-refractivity contribution in [1.29, 1.82) is 0 Å². The molecule has 0 bridgehead atoms.